The second-order valence-corrected chi connectivity index (χ2v) is 5.35. The van der Waals surface area contributed by atoms with Gasteiger partial charge in [0.1, 0.15) is 0 Å². The van der Waals surface area contributed by atoms with Crippen LogP contribution in [0, 0.1) is 5.41 Å². The lowest BCUT2D eigenvalue weighted by atomic mass is 9.89. The van der Waals surface area contributed by atoms with E-state index < -0.39 is 0 Å². The van der Waals surface area contributed by atoms with Crippen LogP contribution in [0.15, 0.2) is 0 Å². The molecule has 0 aromatic carbocycles. The second kappa shape index (κ2) is 5.15. The van der Waals surface area contributed by atoms with Crippen molar-refractivity contribution in [1.29, 1.82) is 0 Å². The fourth-order valence-electron chi connectivity index (χ4n) is 2.28. The normalized spacial score (nSPS) is 23.9. The molecular formula is C12H22N2O2. The van der Waals surface area contributed by atoms with Gasteiger partial charge in [-0.15, -0.1) is 0 Å². The van der Waals surface area contributed by atoms with Crippen LogP contribution >= 0.6 is 0 Å². The van der Waals surface area contributed by atoms with Crippen LogP contribution in [0.4, 0.5) is 0 Å². The zero-order valence-corrected chi connectivity index (χ0v) is 10.1. The predicted octanol–water partition coefficient (Wildman–Crippen LogP) is 0.625. The smallest absolute Gasteiger partial charge is 0.236 e. The lowest BCUT2D eigenvalue weighted by molar-refractivity contribution is -0.132. The van der Waals surface area contributed by atoms with E-state index in [9.17, 15) is 4.79 Å². The van der Waals surface area contributed by atoms with Crippen LogP contribution in [0.25, 0.3) is 0 Å². The summed E-state index contributed by atoms with van der Waals surface area (Å²) in [5, 5.41) is 3.25. The molecule has 0 aromatic heterocycles. The molecule has 0 atom stereocenters. The Balaban J connectivity index is 1.63. The molecule has 2 saturated heterocycles. The lowest BCUT2D eigenvalue weighted by Gasteiger charge is -2.38. The predicted molar refractivity (Wildman–Crippen MR) is 62.2 cm³/mol. The van der Waals surface area contributed by atoms with Crippen LogP contribution in [-0.4, -0.2) is 50.2 Å². The maximum Gasteiger partial charge on any atom is 0.236 e. The number of rotatable bonds is 4. The topological polar surface area (TPSA) is 41.6 Å². The number of nitrogens with zero attached hydrogens (tertiary/aromatic N) is 1. The summed E-state index contributed by atoms with van der Waals surface area (Å²) in [4.78, 5) is 13.8. The van der Waals surface area contributed by atoms with Gasteiger partial charge < -0.3 is 15.0 Å². The molecule has 0 saturated carbocycles. The fraction of sp³-hybridized carbons (Fsp3) is 0.917. The molecule has 1 N–H and O–H groups in total. The first-order chi connectivity index (χ1) is 7.70. The van der Waals surface area contributed by atoms with Crippen LogP contribution in [0.3, 0.4) is 0 Å². The van der Waals surface area contributed by atoms with E-state index in [1.807, 2.05) is 4.90 Å². The summed E-state index contributed by atoms with van der Waals surface area (Å²) in [6, 6.07) is 0. The van der Waals surface area contributed by atoms with Gasteiger partial charge in [0, 0.05) is 25.0 Å². The van der Waals surface area contributed by atoms with Crippen LogP contribution in [0.1, 0.15) is 26.2 Å². The molecule has 0 spiro atoms. The molecule has 2 rings (SSSR count). The summed E-state index contributed by atoms with van der Waals surface area (Å²) in [6.45, 7) is 7.08. The van der Waals surface area contributed by atoms with E-state index in [0.717, 1.165) is 45.7 Å². The highest BCUT2D eigenvalue weighted by molar-refractivity contribution is 5.78. The first-order valence-corrected chi connectivity index (χ1v) is 6.26. The molecule has 2 aliphatic rings. The molecule has 4 heteroatoms. The van der Waals surface area contributed by atoms with Crippen molar-refractivity contribution in [2.24, 2.45) is 5.41 Å². The molecule has 2 fully saturated rings. The summed E-state index contributed by atoms with van der Waals surface area (Å²) in [6.07, 6.45) is 3.60. The molecule has 16 heavy (non-hydrogen) atoms. The summed E-state index contributed by atoms with van der Waals surface area (Å²) in [5.74, 6) is 0.253. The summed E-state index contributed by atoms with van der Waals surface area (Å²) in [7, 11) is 0. The largest absolute Gasteiger partial charge is 0.380 e. The molecule has 92 valence electrons. The Morgan fingerprint density at radius 1 is 1.31 bits per heavy atom. The van der Waals surface area contributed by atoms with Crippen molar-refractivity contribution >= 4 is 5.91 Å². The first kappa shape index (κ1) is 11.9. The van der Waals surface area contributed by atoms with Gasteiger partial charge in [-0.05, 0) is 19.3 Å². The van der Waals surface area contributed by atoms with E-state index >= 15 is 0 Å². The number of hydrogen-bond donors (Lipinski definition) is 1. The van der Waals surface area contributed by atoms with Crippen LogP contribution < -0.4 is 5.32 Å². The van der Waals surface area contributed by atoms with E-state index in [1.54, 1.807) is 0 Å². The standard InChI is InChI=1S/C12H22N2O2/c1-12(9-16-10-12)8-13-7-11(15)14-5-3-2-4-6-14/h13H,2-10H2,1H3. The highest BCUT2D eigenvalue weighted by Gasteiger charge is 2.32. The Kier molecular flexibility index (Phi) is 3.82. The van der Waals surface area contributed by atoms with Gasteiger partial charge in [0.2, 0.25) is 5.91 Å². The Morgan fingerprint density at radius 3 is 2.56 bits per heavy atom. The van der Waals surface area contributed by atoms with Crippen molar-refractivity contribution in [3.05, 3.63) is 0 Å². The zero-order valence-electron chi connectivity index (χ0n) is 10.1. The Labute approximate surface area is 97.3 Å². The molecule has 4 nitrogen and oxygen atoms in total. The minimum atomic E-state index is 0.252. The molecule has 0 aromatic rings. The molecule has 0 aliphatic carbocycles. The third kappa shape index (κ3) is 2.95. The highest BCUT2D eigenvalue weighted by atomic mass is 16.5. The van der Waals surface area contributed by atoms with E-state index in [4.69, 9.17) is 4.74 Å². The summed E-state index contributed by atoms with van der Waals surface area (Å²) < 4.78 is 5.18. The minimum absolute atomic E-state index is 0.252. The van der Waals surface area contributed by atoms with Crippen molar-refractivity contribution in [3.8, 4) is 0 Å². The molecule has 2 heterocycles. The Hall–Kier alpha value is -0.610. The average molecular weight is 226 g/mol. The summed E-state index contributed by atoms with van der Waals surface area (Å²) >= 11 is 0. The number of hydrogen-bond acceptors (Lipinski definition) is 3. The maximum atomic E-state index is 11.8. The van der Waals surface area contributed by atoms with Gasteiger partial charge >= 0.3 is 0 Å². The molecule has 0 bridgehead atoms. The van der Waals surface area contributed by atoms with Gasteiger partial charge in [-0.1, -0.05) is 6.92 Å². The van der Waals surface area contributed by atoms with Crippen molar-refractivity contribution < 1.29 is 9.53 Å². The van der Waals surface area contributed by atoms with Gasteiger partial charge in [0.25, 0.3) is 0 Å². The Bertz CT molecular complexity index is 245. The monoisotopic (exact) mass is 226 g/mol. The molecule has 0 unspecified atom stereocenters. The second-order valence-electron chi connectivity index (χ2n) is 5.35. The number of piperidine rings is 1. The number of amides is 1. The minimum Gasteiger partial charge on any atom is -0.380 e. The quantitative estimate of drug-likeness (QED) is 0.764. The average Bonchev–Trinajstić information content (AvgIpc) is 2.28. The van der Waals surface area contributed by atoms with Crippen molar-refractivity contribution in [2.75, 3.05) is 39.4 Å². The third-order valence-electron chi connectivity index (χ3n) is 3.44. The maximum absolute atomic E-state index is 11.8. The summed E-state index contributed by atoms with van der Waals surface area (Å²) in [5.41, 5.74) is 0.252. The molecular weight excluding hydrogens is 204 g/mol. The SMILES string of the molecule is CC1(CNCC(=O)N2CCCCC2)COC1. The van der Waals surface area contributed by atoms with Crippen LogP contribution in [0.5, 0.6) is 0 Å². The molecule has 0 radical (unpaired) electrons. The van der Waals surface area contributed by atoms with Crippen molar-refractivity contribution in [3.63, 3.8) is 0 Å². The van der Waals surface area contributed by atoms with Gasteiger partial charge in [-0.3, -0.25) is 4.79 Å². The Morgan fingerprint density at radius 2 is 2.00 bits per heavy atom. The first-order valence-electron chi connectivity index (χ1n) is 6.26. The van der Waals surface area contributed by atoms with Gasteiger partial charge in [-0.25, -0.2) is 0 Å². The van der Waals surface area contributed by atoms with E-state index in [0.29, 0.717) is 6.54 Å². The van der Waals surface area contributed by atoms with E-state index in [2.05, 4.69) is 12.2 Å². The number of ether oxygens (including phenoxy) is 1. The van der Waals surface area contributed by atoms with Gasteiger partial charge in [-0.2, -0.15) is 0 Å². The van der Waals surface area contributed by atoms with Crippen molar-refractivity contribution in [2.45, 2.75) is 26.2 Å². The van der Waals surface area contributed by atoms with Crippen LogP contribution in [-0.2, 0) is 9.53 Å². The van der Waals surface area contributed by atoms with E-state index in [-0.39, 0.29) is 11.3 Å². The van der Waals surface area contributed by atoms with Crippen LogP contribution in [0.2, 0.25) is 0 Å². The number of nitrogens with one attached hydrogen (secondary N) is 1. The third-order valence-corrected chi connectivity index (χ3v) is 3.44. The van der Waals surface area contributed by atoms with Gasteiger partial charge in [0.05, 0.1) is 19.8 Å². The fourth-order valence-corrected chi connectivity index (χ4v) is 2.28. The number of carbonyl (C=O) groups excluding carboxylic acids is 1. The zero-order chi connectivity index (χ0) is 11.4. The molecule has 2 aliphatic heterocycles. The molecule has 1 amide bonds. The highest BCUT2D eigenvalue weighted by Crippen LogP contribution is 2.24. The number of likely N-dealkylation sites (tertiary alicyclic amines) is 1. The van der Waals surface area contributed by atoms with Crippen molar-refractivity contribution in [1.82, 2.24) is 10.2 Å². The number of carbonyl (C=O) groups is 1. The lowest BCUT2D eigenvalue weighted by Crippen LogP contribution is -2.49. The van der Waals surface area contributed by atoms with E-state index in [1.165, 1.54) is 6.42 Å². The van der Waals surface area contributed by atoms with Gasteiger partial charge in [0.15, 0.2) is 0 Å².